The summed E-state index contributed by atoms with van der Waals surface area (Å²) in [6.07, 6.45) is 4.13. The van der Waals surface area contributed by atoms with Crippen molar-refractivity contribution in [3.63, 3.8) is 0 Å². The number of anilines is 1. The number of carbonyl (C=O) groups excluding carboxylic acids is 1. The highest BCUT2D eigenvalue weighted by Gasteiger charge is 2.21. The number of aromatic nitrogens is 1. The van der Waals surface area contributed by atoms with Gasteiger partial charge in [0, 0.05) is 36.5 Å². The van der Waals surface area contributed by atoms with E-state index in [2.05, 4.69) is 52.7 Å². The van der Waals surface area contributed by atoms with Gasteiger partial charge in [-0.1, -0.05) is 36.4 Å². The monoisotopic (exact) mass is 333 g/mol. The Hall–Kier alpha value is -2.75. The summed E-state index contributed by atoms with van der Waals surface area (Å²) in [6.45, 7) is 2.30. The van der Waals surface area contributed by atoms with Gasteiger partial charge in [0.2, 0.25) is 5.91 Å². The van der Waals surface area contributed by atoms with Crippen molar-refractivity contribution < 1.29 is 4.79 Å². The van der Waals surface area contributed by atoms with Crippen LogP contribution in [0.2, 0.25) is 0 Å². The van der Waals surface area contributed by atoms with Crippen LogP contribution in [0.3, 0.4) is 0 Å². The summed E-state index contributed by atoms with van der Waals surface area (Å²) in [7, 11) is 0. The molecule has 1 atom stereocenters. The third kappa shape index (κ3) is 3.53. The summed E-state index contributed by atoms with van der Waals surface area (Å²) in [5.74, 6) is 0.0845. The van der Waals surface area contributed by atoms with E-state index in [-0.39, 0.29) is 11.9 Å². The number of hydrogen-bond acceptors (Lipinski definition) is 2. The van der Waals surface area contributed by atoms with E-state index in [0.717, 1.165) is 31.4 Å². The minimum atomic E-state index is 0.0845. The molecule has 1 aromatic heterocycles. The minimum absolute atomic E-state index is 0.0845. The van der Waals surface area contributed by atoms with E-state index >= 15 is 0 Å². The average molecular weight is 333 g/mol. The summed E-state index contributed by atoms with van der Waals surface area (Å²) in [5, 5.41) is 4.39. The van der Waals surface area contributed by atoms with Crippen molar-refractivity contribution in [1.29, 1.82) is 0 Å². The SMILES string of the molecule is O=C(Cn1ccc2ccccc21)NC1CCCN(c2ccccc2)C1. The van der Waals surface area contributed by atoms with Crippen LogP contribution in [-0.4, -0.2) is 29.6 Å². The van der Waals surface area contributed by atoms with E-state index < -0.39 is 0 Å². The Morgan fingerprint density at radius 2 is 1.84 bits per heavy atom. The van der Waals surface area contributed by atoms with Gasteiger partial charge in [-0.05, 0) is 42.5 Å². The molecule has 25 heavy (non-hydrogen) atoms. The zero-order chi connectivity index (χ0) is 17.1. The molecule has 4 nitrogen and oxygen atoms in total. The van der Waals surface area contributed by atoms with Crippen molar-refractivity contribution in [3.8, 4) is 0 Å². The average Bonchev–Trinajstić information content (AvgIpc) is 3.06. The van der Waals surface area contributed by atoms with E-state index in [9.17, 15) is 4.79 Å². The number of piperidine rings is 1. The fourth-order valence-electron chi connectivity index (χ4n) is 3.67. The van der Waals surface area contributed by atoms with Crippen LogP contribution in [0.4, 0.5) is 5.69 Å². The molecule has 128 valence electrons. The lowest BCUT2D eigenvalue weighted by Gasteiger charge is -2.34. The molecule has 0 radical (unpaired) electrons. The molecule has 1 unspecified atom stereocenters. The third-order valence-corrected chi connectivity index (χ3v) is 4.90. The molecule has 1 fully saturated rings. The van der Waals surface area contributed by atoms with Crippen LogP contribution in [0.25, 0.3) is 10.9 Å². The molecule has 1 aliphatic rings. The number of carbonyl (C=O) groups is 1. The molecule has 1 saturated heterocycles. The first-order valence-corrected chi connectivity index (χ1v) is 8.93. The fourth-order valence-corrected chi connectivity index (χ4v) is 3.67. The number of nitrogens with zero attached hydrogens (tertiary/aromatic N) is 2. The second-order valence-electron chi connectivity index (χ2n) is 6.69. The molecule has 1 aliphatic heterocycles. The van der Waals surface area contributed by atoms with Crippen LogP contribution in [0.15, 0.2) is 66.9 Å². The molecule has 2 heterocycles. The summed E-state index contributed by atoms with van der Waals surface area (Å²) in [4.78, 5) is 14.9. The molecule has 2 aromatic carbocycles. The van der Waals surface area contributed by atoms with Gasteiger partial charge in [-0.15, -0.1) is 0 Å². The summed E-state index contributed by atoms with van der Waals surface area (Å²) >= 11 is 0. The number of fused-ring (bicyclic) bond motifs is 1. The third-order valence-electron chi connectivity index (χ3n) is 4.90. The fraction of sp³-hybridized carbons (Fsp3) is 0.286. The Morgan fingerprint density at radius 1 is 1.04 bits per heavy atom. The predicted octanol–water partition coefficient (Wildman–Crippen LogP) is 3.43. The molecule has 0 aliphatic carbocycles. The lowest BCUT2D eigenvalue weighted by Crippen LogP contribution is -2.48. The van der Waals surface area contributed by atoms with Crippen LogP contribution in [0.5, 0.6) is 0 Å². The van der Waals surface area contributed by atoms with Gasteiger partial charge >= 0.3 is 0 Å². The first-order valence-electron chi connectivity index (χ1n) is 8.93. The molecule has 4 rings (SSSR count). The number of nitrogens with one attached hydrogen (secondary N) is 1. The predicted molar refractivity (Wildman–Crippen MR) is 102 cm³/mol. The normalized spacial score (nSPS) is 17.6. The van der Waals surface area contributed by atoms with Gasteiger partial charge in [0.05, 0.1) is 0 Å². The molecule has 0 saturated carbocycles. The number of hydrogen-bond donors (Lipinski definition) is 1. The minimum Gasteiger partial charge on any atom is -0.369 e. The maximum atomic E-state index is 12.5. The van der Waals surface area contributed by atoms with Gasteiger partial charge in [-0.3, -0.25) is 4.79 Å². The van der Waals surface area contributed by atoms with E-state index in [1.807, 2.05) is 29.0 Å². The summed E-state index contributed by atoms with van der Waals surface area (Å²) in [6, 6.07) is 20.9. The van der Waals surface area contributed by atoms with Crippen LogP contribution in [-0.2, 0) is 11.3 Å². The molecular formula is C21H23N3O. The second-order valence-corrected chi connectivity index (χ2v) is 6.69. The highest BCUT2D eigenvalue weighted by atomic mass is 16.2. The van der Waals surface area contributed by atoms with Gasteiger partial charge in [-0.2, -0.15) is 0 Å². The Balaban J connectivity index is 1.39. The number of benzene rings is 2. The molecule has 0 spiro atoms. The second kappa shape index (κ2) is 7.01. The smallest absolute Gasteiger partial charge is 0.240 e. The highest BCUT2D eigenvalue weighted by Crippen LogP contribution is 2.19. The molecular weight excluding hydrogens is 310 g/mol. The van der Waals surface area contributed by atoms with Gasteiger partial charge in [0.1, 0.15) is 6.54 Å². The van der Waals surface area contributed by atoms with E-state index in [0.29, 0.717) is 6.54 Å². The summed E-state index contributed by atoms with van der Waals surface area (Å²) < 4.78 is 2.02. The standard InChI is InChI=1S/C21H23N3O/c25-21(16-24-14-12-17-7-4-5-11-20(17)24)22-18-8-6-13-23(15-18)19-9-2-1-3-10-19/h1-5,7,9-12,14,18H,6,8,13,15-16H2,(H,22,25). The number of amides is 1. The van der Waals surface area contributed by atoms with Crippen LogP contribution < -0.4 is 10.2 Å². The zero-order valence-electron chi connectivity index (χ0n) is 14.3. The molecule has 1 N–H and O–H groups in total. The first kappa shape index (κ1) is 15.8. The van der Waals surface area contributed by atoms with Gasteiger partial charge in [0.15, 0.2) is 0 Å². The Bertz CT molecular complexity index is 856. The molecule has 4 heteroatoms. The largest absolute Gasteiger partial charge is 0.369 e. The van der Waals surface area contributed by atoms with E-state index in [1.54, 1.807) is 0 Å². The Labute approximate surface area is 148 Å². The van der Waals surface area contributed by atoms with E-state index in [1.165, 1.54) is 11.1 Å². The molecule has 1 amide bonds. The summed E-state index contributed by atoms with van der Waals surface area (Å²) in [5.41, 5.74) is 2.34. The number of rotatable bonds is 4. The highest BCUT2D eigenvalue weighted by molar-refractivity contribution is 5.83. The lowest BCUT2D eigenvalue weighted by atomic mass is 10.0. The van der Waals surface area contributed by atoms with Crippen LogP contribution in [0.1, 0.15) is 12.8 Å². The number of para-hydroxylation sites is 2. The Morgan fingerprint density at radius 3 is 2.72 bits per heavy atom. The topological polar surface area (TPSA) is 37.3 Å². The molecule has 3 aromatic rings. The van der Waals surface area contributed by atoms with Crippen molar-refractivity contribution in [2.75, 3.05) is 18.0 Å². The van der Waals surface area contributed by atoms with Gasteiger partial charge in [-0.25, -0.2) is 0 Å². The maximum absolute atomic E-state index is 12.5. The Kier molecular flexibility index (Phi) is 4.42. The van der Waals surface area contributed by atoms with Crippen molar-refractivity contribution in [1.82, 2.24) is 9.88 Å². The molecule has 0 bridgehead atoms. The van der Waals surface area contributed by atoms with Crippen LogP contribution in [0, 0.1) is 0 Å². The van der Waals surface area contributed by atoms with Gasteiger partial charge in [0.25, 0.3) is 0 Å². The van der Waals surface area contributed by atoms with Crippen molar-refractivity contribution in [3.05, 3.63) is 66.9 Å². The van der Waals surface area contributed by atoms with E-state index in [4.69, 9.17) is 0 Å². The maximum Gasteiger partial charge on any atom is 0.240 e. The van der Waals surface area contributed by atoms with Crippen molar-refractivity contribution >= 4 is 22.5 Å². The van der Waals surface area contributed by atoms with Crippen molar-refractivity contribution in [2.24, 2.45) is 0 Å². The van der Waals surface area contributed by atoms with Gasteiger partial charge < -0.3 is 14.8 Å². The van der Waals surface area contributed by atoms with Crippen molar-refractivity contribution in [2.45, 2.75) is 25.4 Å². The lowest BCUT2D eigenvalue weighted by molar-refractivity contribution is -0.122. The zero-order valence-corrected chi connectivity index (χ0v) is 14.3. The first-order chi connectivity index (χ1) is 12.3. The quantitative estimate of drug-likeness (QED) is 0.794. The van der Waals surface area contributed by atoms with Crippen LogP contribution >= 0.6 is 0 Å².